The van der Waals surface area contributed by atoms with Crippen molar-refractivity contribution in [3.05, 3.63) is 77.5 Å². The highest BCUT2D eigenvalue weighted by Crippen LogP contribution is 2.29. The Morgan fingerprint density at radius 1 is 1.00 bits per heavy atom. The van der Waals surface area contributed by atoms with Gasteiger partial charge >= 0.3 is 0 Å². The summed E-state index contributed by atoms with van der Waals surface area (Å²) in [5.41, 5.74) is 15.3. The molecule has 2 heterocycles. The summed E-state index contributed by atoms with van der Waals surface area (Å²) in [5, 5.41) is 8.50. The first-order chi connectivity index (χ1) is 15.8. The molecule has 2 aromatic heterocycles. The van der Waals surface area contributed by atoms with E-state index in [1.165, 1.54) is 0 Å². The molecule has 0 unspecified atom stereocenters. The van der Waals surface area contributed by atoms with E-state index in [9.17, 15) is 9.59 Å². The van der Waals surface area contributed by atoms with Crippen LogP contribution in [0.1, 0.15) is 41.5 Å². The van der Waals surface area contributed by atoms with Crippen LogP contribution < -0.4 is 11.5 Å². The smallest absolute Gasteiger partial charge is 0.254 e. The van der Waals surface area contributed by atoms with Crippen LogP contribution in [0.5, 0.6) is 0 Å². The van der Waals surface area contributed by atoms with E-state index in [1.54, 1.807) is 10.7 Å². The number of nitrogens with two attached hydrogens (primary N) is 2. The van der Waals surface area contributed by atoms with Gasteiger partial charge in [0.2, 0.25) is 0 Å². The van der Waals surface area contributed by atoms with Crippen LogP contribution in [0.4, 0.5) is 5.82 Å². The molecule has 0 spiro atoms. The molecule has 0 atom stereocenters. The molecule has 4 aromatic rings. The Bertz CT molecular complexity index is 1290. The number of hydrogen-bond acceptors (Lipinski definition) is 6. The number of nitrogens with zero attached hydrogens (tertiary/aromatic N) is 3. The summed E-state index contributed by atoms with van der Waals surface area (Å²) in [4.78, 5) is 24.5. The van der Waals surface area contributed by atoms with Crippen LogP contribution in [0.25, 0.3) is 22.6 Å². The monoisotopic (exact) mass is 443 g/mol. The molecule has 0 radical (unpaired) electrons. The second-order valence-corrected chi connectivity index (χ2v) is 8.15. The molecule has 8 heteroatoms. The van der Waals surface area contributed by atoms with Gasteiger partial charge in [-0.15, -0.1) is 0 Å². The van der Waals surface area contributed by atoms with Crippen molar-refractivity contribution in [2.24, 2.45) is 5.73 Å². The summed E-state index contributed by atoms with van der Waals surface area (Å²) in [6.45, 7) is 3.84. The first kappa shape index (κ1) is 22.0. The molecule has 0 aliphatic rings. The van der Waals surface area contributed by atoms with Crippen molar-refractivity contribution in [3.8, 4) is 22.6 Å². The van der Waals surface area contributed by atoms with Gasteiger partial charge in [0.1, 0.15) is 22.9 Å². The largest absolute Gasteiger partial charge is 0.383 e. The van der Waals surface area contributed by atoms with Crippen LogP contribution in [0.2, 0.25) is 0 Å². The average Bonchev–Trinajstić information content (AvgIpc) is 3.39. The van der Waals surface area contributed by atoms with Crippen molar-refractivity contribution in [2.45, 2.75) is 32.7 Å². The van der Waals surface area contributed by atoms with E-state index in [4.69, 9.17) is 16.0 Å². The molecule has 1 amide bonds. The van der Waals surface area contributed by atoms with E-state index in [2.05, 4.69) is 10.3 Å². The number of carbonyl (C=O) groups is 2. The van der Waals surface area contributed by atoms with Crippen LogP contribution in [0, 0.1) is 0 Å². The Hall–Kier alpha value is -4.20. The molecular weight excluding hydrogens is 418 g/mol. The maximum atomic E-state index is 12.6. The number of carbonyl (C=O) groups excluding carboxylic acids is 2. The van der Waals surface area contributed by atoms with E-state index in [0.29, 0.717) is 22.7 Å². The van der Waals surface area contributed by atoms with Crippen LogP contribution in [0.15, 0.2) is 65.2 Å². The van der Waals surface area contributed by atoms with Gasteiger partial charge in [-0.3, -0.25) is 9.59 Å². The van der Waals surface area contributed by atoms with E-state index >= 15 is 0 Å². The third kappa shape index (κ3) is 4.69. The minimum absolute atomic E-state index is 0.0156. The fourth-order valence-electron chi connectivity index (χ4n) is 3.69. The first-order valence-electron chi connectivity index (χ1n) is 10.6. The highest BCUT2D eigenvalue weighted by molar-refractivity contribution is 6.03. The molecule has 4 rings (SSSR count). The van der Waals surface area contributed by atoms with Gasteiger partial charge in [0.25, 0.3) is 5.91 Å². The Morgan fingerprint density at radius 3 is 2.33 bits per heavy atom. The molecule has 2 aromatic carbocycles. The molecule has 8 nitrogen and oxygen atoms in total. The van der Waals surface area contributed by atoms with Crippen LogP contribution >= 0.6 is 0 Å². The van der Waals surface area contributed by atoms with Crippen molar-refractivity contribution in [2.75, 3.05) is 5.73 Å². The molecule has 0 aliphatic heterocycles. The molecule has 4 N–H and O–H groups in total. The zero-order chi connectivity index (χ0) is 23.5. The quantitative estimate of drug-likeness (QED) is 0.426. The van der Waals surface area contributed by atoms with Crippen molar-refractivity contribution in [3.63, 3.8) is 0 Å². The van der Waals surface area contributed by atoms with Crippen molar-refractivity contribution in [1.29, 1.82) is 0 Å². The Kier molecular flexibility index (Phi) is 6.08. The number of anilines is 1. The summed E-state index contributed by atoms with van der Waals surface area (Å²) < 4.78 is 6.94. The highest BCUT2D eigenvalue weighted by atomic mass is 16.5. The van der Waals surface area contributed by atoms with E-state index in [0.717, 1.165) is 11.1 Å². The maximum Gasteiger partial charge on any atom is 0.254 e. The SMILES string of the molecule is CC(C)n1nc(-c2ccc(CC(=O)Cc3cc(-c4ccccc4)on3)cc2)c(C(N)=O)c1N. The third-order valence-electron chi connectivity index (χ3n) is 5.31. The fraction of sp³-hybridized carbons (Fsp3) is 0.200. The Balaban J connectivity index is 1.46. The minimum Gasteiger partial charge on any atom is -0.383 e. The number of rotatable bonds is 8. The van der Waals surface area contributed by atoms with Crippen molar-refractivity contribution < 1.29 is 14.1 Å². The summed E-state index contributed by atoms with van der Waals surface area (Å²) >= 11 is 0. The Labute approximate surface area is 191 Å². The number of ketones is 1. The zero-order valence-electron chi connectivity index (χ0n) is 18.5. The van der Waals surface area contributed by atoms with Gasteiger partial charge in [0.05, 0.1) is 12.1 Å². The third-order valence-corrected chi connectivity index (χ3v) is 5.31. The topological polar surface area (TPSA) is 130 Å². The average molecular weight is 444 g/mol. The van der Waals surface area contributed by atoms with Gasteiger partial charge < -0.3 is 16.0 Å². The van der Waals surface area contributed by atoms with E-state index in [-0.39, 0.29) is 36.0 Å². The van der Waals surface area contributed by atoms with Gasteiger partial charge in [-0.2, -0.15) is 5.10 Å². The maximum absolute atomic E-state index is 12.6. The van der Waals surface area contributed by atoms with Crippen molar-refractivity contribution in [1.82, 2.24) is 14.9 Å². The normalized spacial score (nSPS) is 11.1. The lowest BCUT2D eigenvalue weighted by atomic mass is 10.0. The van der Waals surface area contributed by atoms with Gasteiger partial charge in [0.15, 0.2) is 5.76 Å². The van der Waals surface area contributed by atoms with Gasteiger partial charge in [0, 0.05) is 29.7 Å². The fourth-order valence-corrected chi connectivity index (χ4v) is 3.69. The summed E-state index contributed by atoms with van der Waals surface area (Å²) in [7, 11) is 0. The second-order valence-electron chi connectivity index (χ2n) is 8.15. The second kappa shape index (κ2) is 9.12. The predicted molar refractivity (Wildman–Crippen MR) is 125 cm³/mol. The Morgan fingerprint density at radius 2 is 1.70 bits per heavy atom. The number of amides is 1. The van der Waals surface area contributed by atoms with Gasteiger partial charge in [-0.25, -0.2) is 4.68 Å². The number of primary amides is 1. The number of hydrogen-bond donors (Lipinski definition) is 2. The van der Waals surface area contributed by atoms with Crippen molar-refractivity contribution >= 4 is 17.5 Å². The standard InChI is InChI=1S/C25H25N5O3/c1-15(2)30-24(26)22(25(27)32)23(28-30)18-10-8-16(9-11-18)12-20(31)13-19-14-21(33-29-19)17-6-4-3-5-7-17/h3-11,14-15H,12-13,26H2,1-2H3,(H2,27,32). The van der Waals surface area contributed by atoms with Crippen LogP contribution in [0.3, 0.4) is 0 Å². The number of nitrogen functional groups attached to an aromatic ring is 1. The van der Waals surface area contributed by atoms with Crippen LogP contribution in [-0.2, 0) is 17.6 Å². The lowest BCUT2D eigenvalue weighted by Crippen LogP contribution is -2.15. The van der Waals surface area contributed by atoms with Gasteiger partial charge in [-0.05, 0) is 19.4 Å². The molecule has 33 heavy (non-hydrogen) atoms. The lowest BCUT2D eigenvalue weighted by molar-refractivity contribution is -0.117. The van der Waals surface area contributed by atoms with E-state index in [1.807, 2.05) is 68.4 Å². The number of aromatic nitrogens is 3. The zero-order valence-corrected chi connectivity index (χ0v) is 18.5. The minimum atomic E-state index is -0.629. The molecular formula is C25H25N5O3. The van der Waals surface area contributed by atoms with E-state index < -0.39 is 5.91 Å². The summed E-state index contributed by atoms with van der Waals surface area (Å²) in [6, 6.07) is 18.7. The lowest BCUT2D eigenvalue weighted by Gasteiger charge is -2.06. The summed E-state index contributed by atoms with van der Waals surface area (Å²) in [5.74, 6) is 0.264. The molecule has 0 saturated heterocycles. The predicted octanol–water partition coefficient (Wildman–Crippen LogP) is 3.82. The highest BCUT2D eigenvalue weighted by Gasteiger charge is 2.22. The molecule has 0 bridgehead atoms. The molecule has 168 valence electrons. The van der Waals surface area contributed by atoms with Crippen LogP contribution in [-0.4, -0.2) is 26.6 Å². The van der Waals surface area contributed by atoms with Gasteiger partial charge in [-0.1, -0.05) is 59.8 Å². The molecule has 0 fully saturated rings. The number of Topliss-reactive ketones (excluding diaryl/α,β-unsaturated/α-hetero) is 1. The first-order valence-corrected chi connectivity index (χ1v) is 10.6. The molecule has 0 saturated carbocycles. The number of benzene rings is 2. The molecule has 0 aliphatic carbocycles. The summed E-state index contributed by atoms with van der Waals surface area (Å²) in [6.07, 6.45) is 0.429.